The van der Waals surface area contributed by atoms with Gasteiger partial charge >= 0.3 is 0 Å². The molecule has 1 atom stereocenters. The maximum absolute atomic E-state index is 11.8. The van der Waals surface area contributed by atoms with Crippen molar-refractivity contribution in [2.24, 2.45) is 0 Å². The summed E-state index contributed by atoms with van der Waals surface area (Å²) in [5, 5.41) is 40.7. The molecule has 132 valence electrons. The lowest BCUT2D eigenvalue weighted by atomic mass is 10.1. The summed E-state index contributed by atoms with van der Waals surface area (Å²) in [6, 6.07) is 8.59. The highest BCUT2D eigenvalue weighted by Crippen LogP contribution is 2.28. The normalized spacial score (nSPS) is 12.1. The summed E-state index contributed by atoms with van der Waals surface area (Å²) in [7, 11) is 1.43. The van der Waals surface area contributed by atoms with Crippen LogP contribution in [0.2, 0.25) is 0 Å². The number of ether oxygens (including phenoxy) is 1. The number of phenolic OH excluding ortho intramolecular Hbond substituents is 3. The van der Waals surface area contributed by atoms with Crippen LogP contribution in [-0.4, -0.2) is 40.0 Å². The number of benzene rings is 2. The van der Waals surface area contributed by atoms with Crippen LogP contribution in [0.5, 0.6) is 23.0 Å². The molecule has 0 aromatic heterocycles. The van der Waals surface area contributed by atoms with Crippen molar-refractivity contribution in [1.29, 1.82) is 0 Å². The third-order valence-corrected chi connectivity index (χ3v) is 3.48. The summed E-state index contributed by atoms with van der Waals surface area (Å²) in [6.07, 6.45) is 1.79. The average Bonchev–Trinajstić information content (AvgIpc) is 2.61. The summed E-state index contributed by atoms with van der Waals surface area (Å²) < 4.78 is 4.98. The van der Waals surface area contributed by atoms with E-state index in [1.165, 1.54) is 43.5 Å². The summed E-state index contributed by atoms with van der Waals surface area (Å²) in [5.41, 5.74) is 1.02. The maximum Gasteiger partial charge on any atom is 0.244 e. The van der Waals surface area contributed by atoms with E-state index in [1.807, 2.05) is 0 Å². The van der Waals surface area contributed by atoms with E-state index in [4.69, 9.17) is 4.74 Å². The van der Waals surface area contributed by atoms with Gasteiger partial charge in [0.1, 0.15) is 0 Å². The molecule has 0 aliphatic rings. The summed E-state index contributed by atoms with van der Waals surface area (Å²) in [6.45, 7) is -0.0632. The first-order chi connectivity index (χ1) is 11.9. The van der Waals surface area contributed by atoms with Gasteiger partial charge in [-0.25, -0.2) is 0 Å². The average molecular weight is 345 g/mol. The van der Waals surface area contributed by atoms with E-state index in [1.54, 1.807) is 12.1 Å². The molecular formula is C18H19NO6. The molecule has 0 spiro atoms. The molecule has 7 nitrogen and oxygen atoms in total. The molecule has 7 heteroatoms. The predicted molar refractivity (Wildman–Crippen MR) is 91.4 cm³/mol. The van der Waals surface area contributed by atoms with Crippen LogP contribution in [-0.2, 0) is 4.79 Å². The van der Waals surface area contributed by atoms with Crippen molar-refractivity contribution in [3.63, 3.8) is 0 Å². The van der Waals surface area contributed by atoms with E-state index in [9.17, 15) is 25.2 Å². The van der Waals surface area contributed by atoms with Crippen LogP contribution >= 0.6 is 0 Å². The number of aliphatic hydroxyl groups excluding tert-OH is 1. The highest BCUT2D eigenvalue weighted by molar-refractivity contribution is 5.91. The highest BCUT2D eigenvalue weighted by Gasteiger charge is 2.11. The smallest absolute Gasteiger partial charge is 0.244 e. The Labute approximate surface area is 144 Å². The van der Waals surface area contributed by atoms with E-state index in [0.29, 0.717) is 16.9 Å². The van der Waals surface area contributed by atoms with Crippen LogP contribution in [0.15, 0.2) is 42.5 Å². The molecule has 0 saturated heterocycles. The summed E-state index contributed by atoms with van der Waals surface area (Å²) in [5.74, 6) is -0.750. The number of amides is 1. The fourth-order valence-corrected chi connectivity index (χ4v) is 2.09. The van der Waals surface area contributed by atoms with Crippen LogP contribution in [0.3, 0.4) is 0 Å². The Morgan fingerprint density at radius 1 is 1.12 bits per heavy atom. The lowest BCUT2D eigenvalue weighted by Gasteiger charge is -2.12. The molecule has 0 saturated carbocycles. The number of rotatable bonds is 6. The molecule has 5 N–H and O–H groups in total. The van der Waals surface area contributed by atoms with Crippen molar-refractivity contribution in [1.82, 2.24) is 5.32 Å². The number of hydrogen-bond acceptors (Lipinski definition) is 6. The van der Waals surface area contributed by atoms with Gasteiger partial charge in [0, 0.05) is 12.6 Å². The van der Waals surface area contributed by atoms with Crippen molar-refractivity contribution in [3.8, 4) is 23.0 Å². The SMILES string of the molecule is COc1cc(/C=C/C(=O)NC[C@H](O)c2ccc(O)c(O)c2)ccc1O. The monoisotopic (exact) mass is 345 g/mol. The van der Waals surface area contributed by atoms with Crippen molar-refractivity contribution < 1.29 is 30.0 Å². The molecule has 1 amide bonds. The molecule has 0 unspecified atom stereocenters. The third kappa shape index (κ3) is 4.89. The fourth-order valence-electron chi connectivity index (χ4n) is 2.09. The van der Waals surface area contributed by atoms with Gasteiger partial charge in [0.2, 0.25) is 5.91 Å². The van der Waals surface area contributed by atoms with E-state index in [2.05, 4.69) is 5.32 Å². The number of nitrogens with one attached hydrogen (secondary N) is 1. The van der Waals surface area contributed by atoms with E-state index >= 15 is 0 Å². The van der Waals surface area contributed by atoms with Crippen molar-refractivity contribution in [2.45, 2.75) is 6.10 Å². The molecule has 0 fully saturated rings. The second-order valence-corrected chi connectivity index (χ2v) is 5.27. The minimum absolute atomic E-state index is 0.00405. The largest absolute Gasteiger partial charge is 0.504 e. The van der Waals surface area contributed by atoms with Gasteiger partial charge in [-0.3, -0.25) is 4.79 Å². The molecule has 0 aliphatic carbocycles. The van der Waals surface area contributed by atoms with Crippen molar-refractivity contribution in [3.05, 3.63) is 53.6 Å². The van der Waals surface area contributed by atoms with E-state index in [-0.39, 0.29) is 23.8 Å². The molecule has 0 aliphatic heterocycles. The zero-order valence-corrected chi connectivity index (χ0v) is 13.5. The van der Waals surface area contributed by atoms with Gasteiger partial charge in [0.25, 0.3) is 0 Å². The Morgan fingerprint density at radius 2 is 1.84 bits per heavy atom. The second kappa shape index (κ2) is 8.07. The van der Waals surface area contributed by atoms with Crippen molar-refractivity contribution >= 4 is 12.0 Å². The molecule has 2 rings (SSSR count). The number of hydrogen-bond donors (Lipinski definition) is 5. The third-order valence-electron chi connectivity index (χ3n) is 3.48. The molecular weight excluding hydrogens is 326 g/mol. The van der Waals surface area contributed by atoms with Crippen molar-refractivity contribution in [2.75, 3.05) is 13.7 Å². The quantitative estimate of drug-likeness (QED) is 0.401. The van der Waals surface area contributed by atoms with Crippen LogP contribution in [0, 0.1) is 0 Å². The number of carbonyl (C=O) groups excluding carboxylic acids is 1. The topological polar surface area (TPSA) is 119 Å². The Balaban J connectivity index is 1.92. The van der Waals surface area contributed by atoms with Gasteiger partial charge in [-0.15, -0.1) is 0 Å². The van der Waals surface area contributed by atoms with E-state index in [0.717, 1.165) is 0 Å². The molecule has 0 heterocycles. The zero-order valence-electron chi connectivity index (χ0n) is 13.5. The molecule has 0 bridgehead atoms. The summed E-state index contributed by atoms with van der Waals surface area (Å²) >= 11 is 0. The maximum atomic E-state index is 11.8. The number of phenols is 3. The molecule has 2 aromatic rings. The van der Waals surface area contributed by atoms with Gasteiger partial charge in [0.15, 0.2) is 23.0 Å². The number of methoxy groups -OCH3 is 1. The van der Waals surface area contributed by atoms with Gasteiger partial charge in [-0.2, -0.15) is 0 Å². The Bertz CT molecular complexity index is 787. The first kappa shape index (κ1) is 18.2. The Kier molecular flexibility index (Phi) is 5.86. The Hall–Kier alpha value is -3.19. The minimum Gasteiger partial charge on any atom is -0.504 e. The predicted octanol–water partition coefficient (Wildman–Crippen LogP) is 1.67. The number of aliphatic hydroxyl groups is 1. The fraction of sp³-hybridized carbons (Fsp3) is 0.167. The van der Waals surface area contributed by atoms with Gasteiger partial charge in [-0.05, 0) is 41.5 Å². The molecule has 2 aromatic carbocycles. The van der Waals surface area contributed by atoms with Gasteiger partial charge in [0.05, 0.1) is 13.2 Å². The standard InChI is InChI=1S/C18H19NO6/c1-25-17-8-11(2-5-14(17)21)3-7-18(24)19-10-16(23)12-4-6-13(20)15(22)9-12/h2-9,16,20-23H,10H2,1H3,(H,19,24)/b7-3+/t16-/m0/s1. The Morgan fingerprint density at radius 3 is 2.52 bits per heavy atom. The highest BCUT2D eigenvalue weighted by atomic mass is 16.5. The van der Waals surface area contributed by atoms with E-state index < -0.39 is 12.0 Å². The number of aromatic hydroxyl groups is 3. The number of carbonyl (C=O) groups is 1. The second-order valence-electron chi connectivity index (χ2n) is 5.27. The first-order valence-electron chi connectivity index (χ1n) is 7.43. The lowest BCUT2D eigenvalue weighted by Crippen LogP contribution is -2.26. The van der Waals surface area contributed by atoms with Crippen LogP contribution < -0.4 is 10.1 Å². The first-order valence-corrected chi connectivity index (χ1v) is 7.43. The van der Waals surface area contributed by atoms with Gasteiger partial charge in [-0.1, -0.05) is 12.1 Å². The van der Waals surface area contributed by atoms with Crippen LogP contribution in [0.1, 0.15) is 17.2 Å². The molecule has 25 heavy (non-hydrogen) atoms. The zero-order chi connectivity index (χ0) is 18.4. The van der Waals surface area contributed by atoms with Crippen LogP contribution in [0.25, 0.3) is 6.08 Å². The van der Waals surface area contributed by atoms with Gasteiger partial charge < -0.3 is 30.5 Å². The van der Waals surface area contributed by atoms with Crippen LogP contribution in [0.4, 0.5) is 0 Å². The molecule has 0 radical (unpaired) electrons. The minimum atomic E-state index is -1.03. The summed E-state index contributed by atoms with van der Waals surface area (Å²) in [4.78, 5) is 11.8. The lowest BCUT2D eigenvalue weighted by molar-refractivity contribution is -0.116.